The third kappa shape index (κ3) is 4.11. The number of nitrogens with one attached hydrogen (secondary N) is 1. The maximum Gasteiger partial charge on any atom is 0.391 e. The molecule has 3 N–H and O–H groups in total. The van der Waals surface area contributed by atoms with Crippen LogP contribution in [0.5, 0.6) is 0 Å². The minimum Gasteiger partial charge on any atom is -0.353 e. The lowest BCUT2D eigenvalue weighted by Gasteiger charge is -2.33. The van der Waals surface area contributed by atoms with Crippen molar-refractivity contribution in [2.45, 2.75) is 69.6 Å². The standard InChI is InChI=1S/C14H23F3N2O/c15-14(16,17)10-4-2-6-12(8-10)19-13(20)9-3-1-5-11(18)7-9/h9-12H,1-8,18H2,(H,19,20). The summed E-state index contributed by atoms with van der Waals surface area (Å²) in [6.45, 7) is 0. The van der Waals surface area contributed by atoms with Gasteiger partial charge in [-0.1, -0.05) is 12.8 Å². The lowest BCUT2D eigenvalue weighted by Crippen LogP contribution is -2.45. The van der Waals surface area contributed by atoms with Gasteiger partial charge in [-0.25, -0.2) is 0 Å². The molecule has 0 heterocycles. The summed E-state index contributed by atoms with van der Waals surface area (Å²) in [4.78, 5) is 12.1. The third-order valence-electron chi connectivity index (χ3n) is 4.57. The van der Waals surface area contributed by atoms with Gasteiger partial charge in [-0.3, -0.25) is 4.79 Å². The first-order valence-corrected chi connectivity index (χ1v) is 7.49. The highest BCUT2D eigenvalue weighted by molar-refractivity contribution is 5.79. The molecule has 0 aromatic heterocycles. The maximum atomic E-state index is 12.7. The van der Waals surface area contributed by atoms with Crippen LogP contribution in [0.2, 0.25) is 0 Å². The van der Waals surface area contributed by atoms with Gasteiger partial charge in [0.15, 0.2) is 0 Å². The van der Waals surface area contributed by atoms with Crippen molar-refractivity contribution in [1.29, 1.82) is 0 Å². The predicted molar refractivity (Wildman–Crippen MR) is 69.9 cm³/mol. The normalized spacial score (nSPS) is 35.6. The fraction of sp³-hybridized carbons (Fsp3) is 0.929. The zero-order valence-corrected chi connectivity index (χ0v) is 11.6. The van der Waals surface area contributed by atoms with Crippen LogP contribution in [-0.2, 0) is 4.79 Å². The highest BCUT2D eigenvalue weighted by atomic mass is 19.4. The van der Waals surface area contributed by atoms with Crippen LogP contribution in [0.1, 0.15) is 51.4 Å². The Morgan fingerprint density at radius 3 is 2.40 bits per heavy atom. The molecule has 4 unspecified atom stereocenters. The van der Waals surface area contributed by atoms with Gasteiger partial charge >= 0.3 is 6.18 Å². The van der Waals surface area contributed by atoms with E-state index < -0.39 is 12.1 Å². The highest BCUT2D eigenvalue weighted by Crippen LogP contribution is 2.37. The number of nitrogens with two attached hydrogens (primary N) is 1. The van der Waals surface area contributed by atoms with Crippen LogP contribution >= 0.6 is 0 Å². The Labute approximate surface area is 117 Å². The van der Waals surface area contributed by atoms with E-state index >= 15 is 0 Å². The van der Waals surface area contributed by atoms with Gasteiger partial charge in [0.1, 0.15) is 0 Å². The second kappa shape index (κ2) is 6.33. The summed E-state index contributed by atoms with van der Waals surface area (Å²) in [5.74, 6) is -1.49. The topological polar surface area (TPSA) is 55.1 Å². The fourth-order valence-electron chi connectivity index (χ4n) is 3.40. The van der Waals surface area contributed by atoms with Crippen molar-refractivity contribution in [2.24, 2.45) is 17.6 Å². The van der Waals surface area contributed by atoms with Gasteiger partial charge < -0.3 is 11.1 Å². The molecular formula is C14H23F3N2O. The monoisotopic (exact) mass is 292 g/mol. The predicted octanol–water partition coefficient (Wildman–Crippen LogP) is 2.74. The fourth-order valence-corrected chi connectivity index (χ4v) is 3.40. The molecule has 0 radical (unpaired) electrons. The molecule has 20 heavy (non-hydrogen) atoms. The third-order valence-corrected chi connectivity index (χ3v) is 4.57. The molecule has 2 aliphatic carbocycles. The highest BCUT2D eigenvalue weighted by Gasteiger charge is 2.42. The minimum absolute atomic E-state index is 0.0218. The van der Waals surface area contributed by atoms with Crippen LogP contribution in [0.3, 0.4) is 0 Å². The first-order valence-electron chi connectivity index (χ1n) is 7.49. The first-order chi connectivity index (χ1) is 9.36. The van der Waals surface area contributed by atoms with E-state index in [-0.39, 0.29) is 36.8 Å². The number of hydrogen-bond acceptors (Lipinski definition) is 2. The van der Waals surface area contributed by atoms with E-state index in [4.69, 9.17) is 5.73 Å². The molecule has 0 aromatic carbocycles. The van der Waals surface area contributed by atoms with Crippen LogP contribution in [0, 0.1) is 11.8 Å². The molecule has 0 aromatic rings. The van der Waals surface area contributed by atoms with E-state index in [0.29, 0.717) is 19.3 Å². The van der Waals surface area contributed by atoms with Crippen molar-refractivity contribution >= 4 is 5.91 Å². The Hall–Kier alpha value is -0.780. The number of carbonyl (C=O) groups is 1. The summed E-state index contributed by atoms with van der Waals surface area (Å²) in [7, 11) is 0. The number of carbonyl (C=O) groups excluding carboxylic acids is 1. The molecule has 4 atom stereocenters. The molecule has 2 rings (SSSR count). The Bertz CT molecular complexity index is 346. The molecule has 2 aliphatic rings. The second-order valence-electron chi connectivity index (χ2n) is 6.23. The van der Waals surface area contributed by atoms with Gasteiger partial charge in [0.25, 0.3) is 0 Å². The number of alkyl halides is 3. The Morgan fingerprint density at radius 1 is 1.05 bits per heavy atom. The van der Waals surface area contributed by atoms with Gasteiger partial charge in [-0.2, -0.15) is 13.2 Å². The molecule has 116 valence electrons. The van der Waals surface area contributed by atoms with E-state index in [1.807, 2.05) is 0 Å². The minimum atomic E-state index is -4.14. The Morgan fingerprint density at radius 2 is 1.75 bits per heavy atom. The SMILES string of the molecule is NC1CCCC(C(=O)NC2CCCC(C(F)(F)F)C2)C1. The average molecular weight is 292 g/mol. The van der Waals surface area contributed by atoms with E-state index in [2.05, 4.69) is 5.32 Å². The summed E-state index contributed by atoms with van der Waals surface area (Å²) in [5, 5.41) is 2.82. The number of amides is 1. The smallest absolute Gasteiger partial charge is 0.353 e. The van der Waals surface area contributed by atoms with Crippen LogP contribution < -0.4 is 11.1 Å². The molecule has 2 saturated carbocycles. The Balaban J connectivity index is 1.84. The lowest BCUT2D eigenvalue weighted by molar-refractivity contribution is -0.184. The van der Waals surface area contributed by atoms with E-state index in [1.165, 1.54) is 0 Å². The van der Waals surface area contributed by atoms with E-state index in [0.717, 1.165) is 19.3 Å². The van der Waals surface area contributed by atoms with Crippen molar-refractivity contribution in [3.63, 3.8) is 0 Å². The van der Waals surface area contributed by atoms with E-state index in [1.54, 1.807) is 0 Å². The Kier molecular flexibility index (Phi) is 4.94. The van der Waals surface area contributed by atoms with E-state index in [9.17, 15) is 18.0 Å². The first kappa shape index (κ1) is 15.6. The zero-order chi connectivity index (χ0) is 14.8. The molecule has 1 amide bonds. The van der Waals surface area contributed by atoms with Gasteiger partial charge in [0, 0.05) is 18.0 Å². The van der Waals surface area contributed by atoms with Gasteiger partial charge in [0.05, 0.1) is 5.92 Å². The number of hydrogen-bond donors (Lipinski definition) is 2. The van der Waals surface area contributed by atoms with Crippen LogP contribution in [0.15, 0.2) is 0 Å². The molecular weight excluding hydrogens is 269 g/mol. The second-order valence-corrected chi connectivity index (χ2v) is 6.23. The zero-order valence-electron chi connectivity index (χ0n) is 11.6. The average Bonchev–Trinajstić information content (AvgIpc) is 2.38. The van der Waals surface area contributed by atoms with Gasteiger partial charge in [-0.15, -0.1) is 0 Å². The van der Waals surface area contributed by atoms with Crippen LogP contribution in [-0.4, -0.2) is 24.2 Å². The summed E-state index contributed by atoms with van der Waals surface area (Å²) in [6, 6.07) is -0.283. The summed E-state index contributed by atoms with van der Waals surface area (Å²) >= 11 is 0. The number of rotatable bonds is 2. The molecule has 0 aliphatic heterocycles. The maximum absolute atomic E-state index is 12.7. The molecule has 0 spiro atoms. The summed E-state index contributed by atoms with van der Waals surface area (Å²) in [6.07, 6.45) is 0.555. The van der Waals surface area contributed by atoms with Gasteiger partial charge in [0.2, 0.25) is 5.91 Å². The van der Waals surface area contributed by atoms with Crippen molar-refractivity contribution in [2.75, 3.05) is 0 Å². The quantitative estimate of drug-likeness (QED) is 0.822. The van der Waals surface area contributed by atoms with Crippen molar-refractivity contribution in [3.8, 4) is 0 Å². The van der Waals surface area contributed by atoms with Crippen molar-refractivity contribution < 1.29 is 18.0 Å². The van der Waals surface area contributed by atoms with Gasteiger partial charge in [-0.05, 0) is 38.5 Å². The largest absolute Gasteiger partial charge is 0.391 e. The molecule has 2 fully saturated rings. The summed E-state index contributed by atoms with van der Waals surface area (Å²) < 4.78 is 38.2. The summed E-state index contributed by atoms with van der Waals surface area (Å²) in [5.41, 5.74) is 5.85. The van der Waals surface area contributed by atoms with Crippen molar-refractivity contribution in [1.82, 2.24) is 5.32 Å². The van der Waals surface area contributed by atoms with Crippen LogP contribution in [0.25, 0.3) is 0 Å². The molecule has 0 saturated heterocycles. The van der Waals surface area contributed by atoms with Crippen molar-refractivity contribution in [3.05, 3.63) is 0 Å². The molecule has 3 nitrogen and oxygen atoms in total. The van der Waals surface area contributed by atoms with Crippen LogP contribution in [0.4, 0.5) is 13.2 Å². The number of halogens is 3. The molecule has 6 heteroatoms. The molecule has 0 bridgehead atoms. The lowest BCUT2D eigenvalue weighted by atomic mass is 9.83.